The van der Waals surface area contributed by atoms with Crippen LogP contribution < -0.4 is 20.7 Å². The highest BCUT2D eigenvalue weighted by atomic mass is 32.2. The molecule has 0 unspecified atom stereocenters. The van der Waals surface area contributed by atoms with Gasteiger partial charge in [0.25, 0.3) is 5.91 Å². The van der Waals surface area contributed by atoms with Gasteiger partial charge in [-0.3, -0.25) is 9.59 Å². The van der Waals surface area contributed by atoms with Crippen LogP contribution in [-0.4, -0.2) is 24.2 Å². The number of nitrogens with zero attached hydrogens (tertiary/aromatic N) is 1. The minimum Gasteiger partial charge on any atom is -0.494 e. The Morgan fingerprint density at radius 1 is 0.975 bits per heavy atom. The van der Waals surface area contributed by atoms with Gasteiger partial charge in [-0.25, -0.2) is 0 Å². The van der Waals surface area contributed by atoms with Gasteiger partial charge >= 0.3 is 0 Å². The number of ether oxygens (including phenoxy) is 1. The summed E-state index contributed by atoms with van der Waals surface area (Å²) in [7, 11) is 0. The number of para-hydroxylation sites is 2. The van der Waals surface area contributed by atoms with Crippen molar-refractivity contribution >= 4 is 35.0 Å². The summed E-state index contributed by atoms with van der Waals surface area (Å²) in [5.41, 5.74) is 4.70. The molecule has 204 valence electrons. The van der Waals surface area contributed by atoms with E-state index in [1.807, 2.05) is 99.6 Å². The Balaban J connectivity index is 1.63. The fraction of sp³-hybridized carbons (Fsp3) is 0.219. The molecule has 1 aliphatic heterocycles. The number of hydrogen-bond donors (Lipinski definition) is 3. The number of hydrogen-bond acceptors (Lipinski definition) is 6. The van der Waals surface area contributed by atoms with Crippen molar-refractivity contribution in [2.24, 2.45) is 0 Å². The van der Waals surface area contributed by atoms with Gasteiger partial charge < -0.3 is 20.7 Å². The number of anilines is 2. The zero-order valence-corrected chi connectivity index (χ0v) is 23.6. The number of carbonyl (C=O) groups is 2. The first-order valence-electron chi connectivity index (χ1n) is 13.2. The molecule has 0 saturated heterocycles. The highest BCUT2D eigenvalue weighted by Gasteiger charge is 2.35. The van der Waals surface area contributed by atoms with E-state index in [2.05, 4.69) is 22.0 Å². The predicted octanol–water partition coefficient (Wildman–Crippen LogP) is 6.35. The summed E-state index contributed by atoms with van der Waals surface area (Å²) in [6.07, 6.45) is 0.802. The van der Waals surface area contributed by atoms with E-state index in [0.29, 0.717) is 39.9 Å². The van der Waals surface area contributed by atoms with E-state index >= 15 is 0 Å². The molecule has 0 aromatic heterocycles. The first-order chi connectivity index (χ1) is 19.4. The average Bonchev–Trinajstić information content (AvgIpc) is 2.97. The number of amides is 2. The molecule has 3 N–H and O–H groups in total. The Morgan fingerprint density at radius 3 is 2.35 bits per heavy atom. The van der Waals surface area contributed by atoms with Crippen LogP contribution in [-0.2, 0) is 16.0 Å². The predicted molar refractivity (Wildman–Crippen MR) is 161 cm³/mol. The SMILES string of the molecule is CCOc1ccc([C@@H]2C(C#N)=C(SCC(=O)Nc3ccccc3CC)NC(C)=C2C(=O)Nc2ccccc2)cc1. The number of nitrogens with one attached hydrogen (secondary N) is 3. The summed E-state index contributed by atoms with van der Waals surface area (Å²) in [6, 6.07) is 26.6. The molecule has 0 aliphatic carbocycles. The summed E-state index contributed by atoms with van der Waals surface area (Å²) in [4.78, 5) is 26.5. The van der Waals surface area contributed by atoms with Gasteiger partial charge in [0.15, 0.2) is 0 Å². The molecular weight excluding hydrogens is 520 g/mol. The van der Waals surface area contributed by atoms with E-state index in [9.17, 15) is 14.9 Å². The maximum atomic E-state index is 13.6. The maximum Gasteiger partial charge on any atom is 0.254 e. The third-order valence-electron chi connectivity index (χ3n) is 6.47. The van der Waals surface area contributed by atoms with Crippen molar-refractivity contribution in [1.82, 2.24) is 5.32 Å². The van der Waals surface area contributed by atoms with Gasteiger partial charge in [0.2, 0.25) is 5.91 Å². The molecule has 3 aromatic rings. The van der Waals surface area contributed by atoms with Crippen LogP contribution in [0.3, 0.4) is 0 Å². The molecular formula is C32H32N4O3S. The Bertz CT molecular complexity index is 1470. The first-order valence-corrected chi connectivity index (χ1v) is 14.1. The number of aryl methyl sites for hydroxylation is 1. The Kier molecular flexibility index (Phi) is 9.66. The van der Waals surface area contributed by atoms with Gasteiger partial charge in [-0.05, 0) is 61.7 Å². The van der Waals surface area contributed by atoms with Crippen LogP contribution in [0, 0.1) is 11.3 Å². The number of allylic oxidation sites excluding steroid dienone is 2. The van der Waals surface area contributed by atoms with E-state index < -0.39 is 5.92 Å². The zero-order chi connectivity index (χ0) is 28.5. The Morgan fingerprint density at radius 2 is 1.68 bits per heavy atom. The molecule has 4 rings (SSSR count). The van der Waals surface area contributed by atoms with Crippen LogP contribution in [0.4, 0.5) is 11.4 Å². The second-order valence-corrected chi connectivity index (χ2v) is 10.1. The van der Waals surface area contributed by atoms with Crippen LogP contribution in [0.25, 0.3) is 0 Å². The molecule has 8 heteroatoms. The van der Waals surface area contributed by atoms with Crippen molar-refractivity contribution in [3.8, 4) is 11.8 Å². The lowest BCUT2D eigenvalue weighted by Gasteiger charge is -2.30. The molecule has 2 amide bonds. The molecule has 1 atom stereocenters. The molecule has 1 heterocycles. The molecule has 0 saturated carbocycles. The third-order valence-corrected chi connectivity index (χ3v) is 7.49. The number of thioether (sulfide) groups is 1. The smallest absolute Gasteiger partial charge is 0.254 e. The molecule has 40 heavy (non-hydrogen) atoms. The van der Waals surface area contributed by atoms with Gasteiger partial charge in [-0.1, -0.05) is 67.2 Å². The second kappa shape index (κ2) is 13.5. The van der Waals surface area contributed by atoms with Crippen molar-refractivity contribution in [2.45, 2.75) is 33.1 Å². The molecule has 0 spiro atoms. The standard InChI is InChI=1S/C32H32N4O3S/c1-4-22-11-9-10-14-27(22)36-28(37)20-40-32-26(19-33)30(23-15-17-25(18-16-23)39-5-2)29(21(3)34-32)31(38)35-24-12-7-6-8-13-24/h6-18,30,34H,4-5,20H2,1-3H3,(H,35,38)(H,36,37)/t30-/m1/s1. The lowest BCUT2D eigenvalue weighted by Crippen LogP contribution is -2.31. The van der Waals surface area contributed by atoms with Crippen molar-refractivity contribution in [3.05, 3.63) is 112 Å². The van der Waals surface area contributed by atoms with Crippen LogP contribution >= 0.6 is 11.8 Å². The van der Waals surface area contributed by atoms with Crippen LogP contribution in [0.2, 0.25) is 0 Å². The number of nitriles is 1. The van der Waals surface area contributed by atoms with Crippen molar-refractivity contribution in [1.29, 1.82) is 5.26 Å². The fourth-order valence-electron chi connectivity index (χ4n) is 4.58. The van der Waals surface area contributed by atoms with Crippen molar-refractivity contribution < 1.29 is 14.3 Å². The zero-order valence-electron chi connectivity index (χ0n) is 22.8. The van der Waals surface area contributed by atoms with E-state index in [4.69, 9.17) is 4.74 Å². The normalized spacial score (nSPS) is 14.7. The van der Waals surface area contributed by atoms with Crippen molar-refractivity contribution in [2.75, 3.05) is 23.0 Å². The number of carbonyl (C=O) groups excluding carboxylic acids is 2. The third kappa shape index (κ3) is 6.74. The molecule has 0 fully saturated rings. The number of dihydropyridines is 1. The molecule has 0 bridgehead atoms. The lowest BCUT2D eigenvalue weighted by molar-refractivity contribution is -0.114. The summed E-state index contributed by atoms with van der Waals surface area (Å²) < 4.78 is 5.60. The molecule has 3 aromatic carbocycles. The van der Waals surface area contributed by atoms with Gasteiger partial charge in [0, 0.05) is 22.6 Å². The van der Waals surface area contributed by atoms with E-state index in [0.717, 1.165) is 23.2 Å². The van der Waals surface area contributed by atoms with E-state index in [1.54, 1.807) is 0 Å². The molecule has 0 radical (unpaired) electrons. The monoisotopic (exact) mass is 552 g/mol. The topological polar surface area (TPSA) is 103 Å². The second-order valence-electron chi connectivity index (χ2n) is 9.12. The van der Waals surface area contributed by atoms with Crippen LogP contribution in [0.1, 0.15) is 37.8 Å². The summed E-state index contributed by atoms with van der Waals surface area (Å²) in [5, 5.41) is 20.1. The average molecular weight is 553 g/mol. The Labute approximate surface area is 239 Å². The lowest BCUT2D eigenvalue weighted by atomic mass is 9.82. The number of benzene rings is 3. The highest BCUT2D eigenvalue weighted by Crippen LogP contribution is 2.41. The summed E-state index contributed by atoms with van der Waals surface area (Å²) in [5.74, 6) is -0.306. The van der Waals surface area contributed by atoms with Gasteiger partial charge in [-0.15, -0.1) is 0 Å². The quantitative estimate of drug-likeness (QED) is 0.271. The largest absolute Gasteiger partial charge is 0.494 e. The summed E-state index contributed by atoms with van der Waals surface area (Å²) in [6.45, 7) is 6.30. The Hall–Kier alpha value is -4.48. The first kappa shape index (κ1) is 28.5. The van der Waals surface area contributed by atoms with Gasteiger partial charge in [0.05, 0.1) is 34.9 Å². The van der Waals surface area contributed by atoms with Crippen molar-refractivity contribution in [3.63, 3.8) is 0 Å². The van der Waals surface area contributed by atoms with Gasteiger partial charge in [-0.2, -0.15) is 5.26 Å². The van der Waals surface area contributed by atoms with E-state index in [1.165, 1.54) is 11.8 Å². The minimum absolute atomic E-state index is 0.0976. The molecule has 1 aliphatic rings. The minimum atomic E-state index is -0.628. The van der Waals surface area contributed by atoms with Gasteiger partial charge in [0.1, 0.15) is 5.75 Å². The summed E-state index contributed by atoms with van der Waals surface area (Å²) >= 11 is 1.25. The van der Waals surface area contributed by atoms with E-state index in [-0.39, 0.29) is 17.6 Å². The maximum absolute atomic E-state index is 13.6. The molecule has 7 nitrogen and oxygen atoms in total. The van der Waals surface area contributed by atoms with Crippen LogP contribution in [0.15, 0.2) is 101 Å². The fourth-order valence-corrected chi connectivity index (χ4v) is 5.47. The highest BCUT2D eigenvalue weighted by molar-refractivity contribution is 8.03. The number of rotatable bonds is 10. The van der Waals surface area contributed by atoms with Crippen LogP contribution in [0.5, 0.6) is 5.75 Å².